The van der Waals surface area contributed by atoms with Gasteiger partial charge in [0.2, 0.25) is 5.58 Å². The second kappa shape index (κ2) is 6.24. The topological polar surface area (TPSA) is 20.3 Å². The molecule has 1 aromatic heterocycles. The maximum absolute atomic E-state index is 6.08. The lowest BCUT2D eigenvalue weighted by molar-refractivity contribution is -0.674. The molecule has 3 aromatic rings. The summed E-state index contributed by atoms with van der Waals surface area (Å²) in [4.78, 5) is 2.06. The summed E-state index contributed by atoms with van der Waals surface area (Å²) in [5, 5.41) is 0.715. The van der Waals surface area contributed by atoms with Gasteiger partial charge in [0.05, 0.1) is 6.08 Å². The van der Waals surface area contributed by atoms with E-state index >= 15 is 0 Å². The third-order valence-corrected chi connectivity index (χ3v) is 3.85. The zero-order chi connectivity index (χ0) is 15.5. The Bertz CT molecular complexity index is 809. The normalized spacial score (nSPS) is 11.4. The van der Waals surface area contributed by atoms with Crippen LogP contribution in [0.5, 0.6) is 0 Å². The van der Waals surface area contributed by atoms with Crippen molar-refractivity contribution in [2.24, 2.45) is 0 Å². The van der Waals surface area contributed by atoms with Gasteiger partial charge in [-0.05, 0) is 31.2 Å². The van der Waals surface area contributed by atoms with Gasteiger partial charge in [0, 0.05) is 30.0 Å². The van der Waals surface area contributed by atoms with Gasteiger partial charge in [0.15, 0.2) is 0 Å². The number of rotatable bonds is 4. The standard InChI is InChI=1S/C18H18ClN2O/c1-3-21-16-13-14(19)9-10-17(16)22-18(21)11-12-20(2)15-7-5-4-6-8-15/h4-13H,3H2,1-2H3/q+1. The smallest absolute Gasteiger partial charge is 0.375 e. The number of para-hydroxylation sites is 1. The highest BCUT2D eigenvalue weighted by Crippen LogP contribution is 2.20. The monoisotopic (exact) mass is 313 g/mol. The summed E-state index contributed by atoms with van der Waals surface area (Å²) < 4.78 is 8.03. The number of aryl methyl sites for hydroxylation is 1. The number of fused-ring (bicyclic) bond motifs is 1. The summed E-state index contributed by atoms with van der Waals surface area (Å²) >= 11 is 6.08. The summed E-state index contributed by atoms with van der Waals surface area (Å²) in [6.07, 6.45) is 3.98. The molecule has 0 amide bonds. The van der Waals surface area contributed by atoms with E-state index in [2.05, 4.69) is 28.5 Å². The maximum Gasteiger partial charge on any atom is 0.375 e. The van der Waals surface area contributed by atoms with Crippen molar-refractivity contribution in [3.8, 4) is 0 Å². The van der Waals surface area contributed by atoms with Crippen LogP contribution in [-0.2, 0) is 6.54 Å². The molecule has 0 aliphatic carbocycles. The molecular formula is C18H18ClN2O+. The number of nitrogens with zero attached hydrogens (tertiary/aromatic N) is 2. The van der Waals surface area contributed by atoms with Crippen LogP contribution in [-0.4, -0.2) is 7.05 Å². The Morgan fingerprint density at radius 1 is 1.18 bits per heavy atom. The molecule has 0 N–H and O–H groups in total. The Balaban J connectivity index is 1.95. The average molecular weight is 314 g/mol. The van der Waals surface area contributed by atoms with E-state index in [9.17, 15) is 0 Å². The minimum absolute atomic E-state index is 0.715. The van der Waals surface area contributed by atoms with Gasteiger partial charge in [-0.1, -0.05) is 29.8 Å². The predicted octanol–water partition coefficient (Wildman–Crippen LogP) is 4.50. The number of hydrogen-bond donors (Lipinski definition) is 0. The van der Waals surface area contributed by atoms with Crippen molar-refractivity contribution in [2.45, 2.75) is 13.5 Å². The minimum atomic E-state index is 0.715. The molecule has 0 unspecified atom stereocenters. The van der Waals surface area contributed by atoms with Crippen LogP contribution in [0.3, 0.4) is 0 Å². The van der Waals surface area contributed by atoms with E-state index in [4.69, 9.17) is 16.0 Å². The summed E-state index contributed by atoms with van der Waals surface area (Å²) in [5.74, 6) is 0.808. The Morgan fingerprint density at radius 3 is 2.68 bits per heavy atom. The van der Waals surface area contributed by atoms with Gasteiger partial charge in [0.1, 0.15) is 6.54 Å². The molecule has 0 aliphatic rings. The van der Waals surface area contributed by atoms with Gasteiger partial charge in [0.25, 0.3) is 5.52 Å². The van der Waals surface area contributed by atoms with Crippen LogP contribution in [0, 0.1) is 0 Å². The number of aromatic nitrogens is 1. The Kier molecular flexibility index (Phi) is 4.16. The second-order valence-electron chi connectivity index (χ2n) is 5.06. The van der Waals surface area contributed by atoms with Crippen molar-refractivity contribution in [1.82, 2.24) is 0 Å². The van der Waals surface area contributed by atoms with Gasteiger partial charge in [-0.25, -0.2) is 0 Å². The van der Waals surface area contributed by atoms with Crippen LogP contribution >= 0.6 is 11.6 Å². The first-order chi connectivity index (χ1) is 10.7. The van der Waals surface area contributed by atoms with Crippen molar-refractivity contribution in [3.63, 3.8) is 0 Å². The lowest BCUT2D eigenvalue weighted by Gasteiger charge is -2.12. The molecule has 2 aromatic carbocycles. The van der Waals surface area contributed by atoms with Crippen LogP contribution in [0.2, 0.25) is 5.02 Å². The highest BCUT2D eigenvalue weighted by molar-refractivity contribution is 6.31. The summed E-state index contributed by atoms with van der Waals surface area (Å²) in [7, 11) is 2.02. The fraction of sp³-hybridized carbons (Fsp3) is 0.167. The molecule has 0 fully saturated rings. The van der Waals surface area contributed by atoms with Crippen LogP contribution in [0.1, 0.15) is 12.8 Å². The van der Waals surface area contributed by atoms with Crippen LogP contribution in [0.4, 0.5) is 5.69 Å². The Morgan fingerprint density at radius 2 is 1.95 bits per heavy atom. The van der Waals surface area contributed by atoms with Crippen LogP contribution in [0.25, 0.3) is 17.2 Å². The van der Waals surface area contributed by atoms with E-state index in [0.29, 0.717) is 5.02 Å². The van der Waals surface area contributed by atoms with Crippen LogP contribution < -0.4 is 9.47 Å². The summed E-state index contributed by atoms with van der Waals surface area (Å²) in [6.45, 7) is 2.91. The van der Waals surface area contributed by atoms with Crippen molar-refractivity contribution in [2.75, 3.05) is 11.9 Å². The average Bonchev–Trinajstić information content (AvgIpc) is 2.90. The fourth-order valence-electron chi connectivity index (χ4n) is 2.45. The van der Waals surface area contributed by atoms with Gasteiger partial charge < -0.3 is 9.32 Å². The molecule has 3 nitrogen and oxygen atoms in total. The Labute approximate surface area is 135 Å². The number of benzene rings is 2. The van der Waals surface area contributed by atoms with Crippen molar-refractivity contribution >= 4 is 34.5 Å². The van der Waals surface area contributed by atoms with Gasteiger partial charge in [-0.2, -0.15) is 4.57 Å². The number of halogens is 1. The summed E-state index contributed by atoms with van der Waals surface area (Å²) in [5.41, 5.74) is 2.98. The maximum atomic E-state index is 6.08. The molecule has 0 saturated carbocycles. The first-order valence-electron chi connectivity index (χ1n) is 7.27. The highest BCUT2D eigenvalue weighted by atomic mass is 35.5. The molecule has 3 rings (SSSR count). The molecule has 0 atom stereocenters. The molecule has 0 saturated heterocycles. The largest absolute Gasteiger partial charge is 0.398 e. The molecule has 0 bridgehead atoms. The van der Waals surface area contributed by atoms with Crippen LogP contribution in [0.15, 0.2) is 59.1 Å². The molecule has 4 heteroatoms. The number of hydrogen-bond acceptors (Lipinski definition) is 2. The molecule has 112 valence electrons. The van der Waals surface area contributed by atoms with Crippen molar-refractivity contribution in [3.05, 3.63) is 65.6 Å². The first kappa shape index (κ1) is 14.7. The number of anilines is 1. The first-order valence-corrected chi connectivity index (χ1v) is 7.65. The van der Waals surface area contributed by atoms with E-state index in [1.54, 1.807) is 0 Å². The zero-order valence-electron chi connectivity index (χ0n) is 12.7. The number of oxazole rings is 1. The molecule has 22 heavy (non-hydrogen) atoms. The SMILES string of the molecule is CC[n+]1c(C=CN(C)c2ccccc2)oc2ccc(Cl)cc21. The van der Waals surface area contributed by atoms with Gasteiger partial charge in [-0.3, -0.25) is 0 Å². The minimum Gasteiger partial charge on any atom is -0.398 e. The molecule has 0 radical (unpaired) electrons. The second-order valence-corrected chi connectivity index (χ2v) is 5.50. The van der Waals surface area contributed by atoms with Crippen molar-refractivity contribution in [1.29, 1.82) is 0 Å². The van der Waals surface area contributed by atoms with Gasteiger partial charge >= 0.3 is 5.89 Å². The van der Waals surface area contributed by atoms with E-state index < -0.39 is 0 Å². The quantitative estimate of drug-likeness (QED) is 0.661. The fourth-order valence-corrected chi connectivity index (χ4v) is 2.62. The highest BCUT2D eigenvalue weighted by Gasteiger charge is 2.19. The lowest BCUT2D eigenvalue weighted by Crippen LogP contribution is -2.33. The summed E-state index contributed by atoms with van der Waals surface area (Å²) in [6, 6.07) is 15.9. The molecule has 1 heterocycles. The van der Waals surface area contributed by atoms with Crippen molar-refractivity contribution < 1.29 is 8.98 Å². The zero-order valence-corrected chi connectivity index (χ0v) is 13.4. The van der Waals surface area contributed by atoms with Gasteiger partial charge in [-0.15, -0.1) is 0 Å². The molecule has 0 aliphatic heterocycles. The molecular weight excluding hydrogens is 296 g/mol. The van der Waals surface area contributed by atoms with E-state index in [1.807, 2.05) is 55.7 Å². The van der Waals surface area contributed by atoms with E-state index in [0.717, 1.165) is 29.2 Å². The van der Waals surface area contributed by atoms with E-state index in [-0.39, 0.29) is 0 Å². The predicted molar refractivity (Wildman–Crippen MR) is 91.0 cm³/mol. The van der Waals surface area contributed by atoms with E-state index in [1.165, 1.54) is 0 Å². The third-order valence-electron chi connectivity index (χ3n) is 3.61. The lowest BCUT2D eigenvalue weighted by atomic mass is 10.3. The molecule has 0 spiro atoms. The Hall–Kier alpha value is -2.26. The third kappa shape index (κ3) is 2.85.